The van der Waals surface area contributed by atoms with Gasteiger partial charge in [-0.05, 0) is 31.4 Å². The summed E-state index contributed by atoms with van der Waals surface area (Å²) in [5.74, 6) is -2.59. The Morgan fingerprint density at radius 3 is 2.72 bits per heavy atom. The molecule has 174 valence electrons. The monoisotopic (exact) mass is 527 g/mol. The molecular formula is C22H27BrClN3O5. The van der Waals surface area contributed by atoms with Gasteiger partial charge in [0.05, 0.1) is 41.3 Å². The first-order valence-corrected chi connectivity index (χ1v) is 12.0. The van der Waals surface area contributed by atoms with E-state index in [1.165, 1.54) is 11.9 Å². The molecule has 10 heteroatoms. The van der Waals surface area contributed by atoms with Crippen LogP contribution in [0.3, 0.4) is 0 Å². The normalized spacial score (nSPS) is 33.9. The third-order valence-electron chi connectivity index (χ3n) is 7.07. The van der Waals surface area contributed by atoms with E-state index in [4.69, 9.17) is 16.3 Å². The number of hydrogen-bond donors (Lipinski definition) is 3. The van der Waals surface area contributed by atoms with Gasteiger partial charge in [-0.1, -0.05) is 46.6 Å². The summed E-state index contributed by atoms with van der Waals surface area (Å²) in [6.45, 7) is 3.37. The molecule has 2 bridgehead atoms. The number of aliphatic hydroxyl groups is 1. The van der Waals surface area contributed by atoms with Crippen LogP contribution in [-0.2, 0) is 19.1 Å². The average Bonchev–Trinajstić information content (AvgIpc) is 3.35. The van der Waals surface area contributed by atoms with Crippen LogP contribution in [0.5, 0.6) is 0 Å². The van der Waals surface area contributed by atoms with Crippen LogP contribution in [0.25, 0.3) is 0 Å². The Bertz CT molecular complexity index is 937. The van der Waals surface area contributed by atoms with E-state index in [-0.39, 0.29) is 23.2 Å². The molecule has 1 spiro atoms. The molecule has 3 aliphatic heterocycles. The number of ether oxygens (including phenoxy) is 1. The van der Waals surface area contributed by atoms with Crippen molar-refractivity contribution >= 4 is 50.9 Å². The summed E-state index contributed by atoms with van der Waals surface area (Å²) in [5, 5.41) is 15.9. The third kappa shape index (κ3) is 3.28. The van der Waals surface area contributed by atoms with Gasteiger partial charge in [-0.2, -0.15) is 0 Å². The number of nitrogens with one attached hydrogen (secondary N) is 2. The van der Waals surface area contributed by atoms with Crippen molar-refractivity contribution in [3.8, 4) is 0 Å². The Balaban J connectivity index is 1.80. The lowest BCUT2D eigenvalue weighted by atomic mass is 9.70. The second kappa shape index (κ2) is 8.59. The van der Waals surface area contributed by atoms with Gasteiger partial charge < -0.3 is 25.4 Å². The molecule has 0 saturated carbocycles. The van der Waals surface area contributed by atoms with E-state index in [0.29, 0.717) is 23.6 Å². The number of carbonyl (C=O) groups excluding carboxylic acids is 3. The Hall–Kier alpha value is -1.68. The van der Waals surface area contributed by atoms with Gasteiger partial charge >= 0.3 is 0 Å². The highest BCUT2D eigenvalue weighted by molar-refractivity contribution is 9.09. The van der Waals surface area contributed by atoms with Crippen LogP contribution < -0.4 is 10.6 Å². The quantitative estimate of drug-likeness (QED) is 0.489. The van der Waals surface area contributed by atoms with E-state index in [9.17, 15) is 19.5 Å². The van der Waals surface area contributed by atoms with E-state index in [0.717, 1.165) is 5.56 Å². The number of halogens is 2. The van der Waals surface area contributed by atoms with Crippen molar-refractivity contribution in [2.24, 2.45) is 11.8 Å². The maximum atomic E-state index is 13.7. The molecular weight excluding hydrogens is 502 g/mol. The number of aliphatic hydroxyl groups excluding tert-OH is 1. The number of rotatable bonds is 6. The fourth-order valence-corrected chi connectivity index (χ4v) is 6.83. The number of nitrogens with zero attached hydrogens (tertiary/aromatic N) is 1. The highest BCUT2D eigenvalue weighted by Crippen LogP contribution is 2.60. The molecule has 1 aromatic rings. The molecule has 3 saturated heterocycles. The van der Waals surface area contributed by atoms with Crippen molar-refractivity contribution < 1.29 is 24.2 Å². The molecule has 0 aromatic heterocycles. The van der Waals surface area contributed by atoms with E-state index in [2.05, 4.69) is 26.6 Å². The van der Waals surface area contributed by atoms with Crippen LogP contribution in [0.15, 0.2) is 18.2 Å². The van der Waals surface area contributed by atoms with Gasteiger partial charge in [-0.15, -0.1) is 0 Å². The minimum absolute atomic E-state index is 0.180. The zero-order valence-electron chi connectivity index (χ0n) is 18.1. The zero-order chi connectivity index (χ0) is 23.4. The van der Waals surface area contributed by atoms with Crippen LogP contribution in [0.2, 0.25) is 5.02 Å². The number of likely N-dealkylation sites (tertiary alicyclic amines) is 1. The van der Waals surface area contributed by atoms with Crippen LogP contribution in [0.4, 0.5) is 5.69 Å². The second-order valence-corrected chi connectivity index (χ2v) is 10.3. The number of fused-ring (bicyclic) bond motifs is 1. The molecule has 1 aromatic carbocycles. The summed E-state index contributed by atoms with van der Waals surface area (Å²) in [6, 6.07) is 3.72. The highest BCUT2D eigenvalue weighted by Gasteiger charge is 2.76. The minimum atomic E-state index is -1.17. The minimum Gasteiger partial charge on any atom is -0.394 e. The lowest BCUT2D eigenvalue weighted by Gasteiger charge is -2.36. The number of alkyl halides is 1. The van der Waals surface area contributed by atoms with E-state index >= 15 is 0 Å². The van der Waals surface area contributed by atoms with Crippen molar-refractivity contribution in [3.63, 3.8) is 0 Å². The molecule has 0 radical (unpaired) electrons. The molecule has 3 amide bonds. The van der Waals surface area contributed by atoms with Crippen molar-refractivity contribution in [2.45, 2.75) is 55.3 Å². The molecule has 8 nitrogen and oxygen atoms in total. The van der Waals surface area contributed by atoms with Gasteiger partial charge in [0.1, 0.15) is 11.6 Å². The summed E-state index contributed by atoms with van der Waals surface area (Å²) in [7, 11) is 1.52. The van der Waals surface area contributed by atoms with E-state index < -0.39 is 41.5 Å². The molecule has 3 unspecified atom stereocenters. The molecule has 4 rings (SSSR count). The van der Waals surface area contributed by atoms with Gasteiger partial charge in [0.2, 0.25) is 17.7 Å². The standard InChI is InChI=1S/C22H27BrClN3O5/c1-4-11(9-28)27-18(20(30)26-16-10(2)6-5-7-13(16)24)22-8-12(23)17(32-22)14(19(29)25-3)15(22)21(27)31/h5-7,11-12,14-15,17-18,28H,4,8-9H2,1-3H3,(H,25,29)(H,26,30)/t11-,12?,14+,15-,17+,18?,22?/m0/s1. The van der Waals surface area contributed by atoms with Crippen molar-refractivity contribution in [1.82, 2.24) is 10.2 Å². The van der Waals surface area contributed by atoms with E-state index in [1.807, 2.05) is 19.9 Å². The Labute approximate surface area is 200 Å². The number of aryl methyl sites for hydroxylation is 1. The fraction of sp³-hybridized carbons (Fsp3) is 0.591. The molecule has 3 N–H and O–H groups in total. The van der Waals surface area contributed by atoms with Crippen molar-refractivity contribution in [2.75, 3.05) is 19.0 Å². The summed E-state index contributed by atoms with van der Waals surface area (Å²) >= 11 is 9.94. The molecule has 0 aliphatic carbocycles. The number of benzene rings is 1. The topological polar surface area (TPSA) is 108 Å². The van der Waals surface area contributed by atoms with Crippen LogP contribution in [0.1, 0.15) is 25.3 Å². The second-order valence-electron chi connectivity index (χ2n) is 8.69. The molecule has 32 heavy (non-hydrogen) atoms. The Kier molecular flexibility index (Phi) is 6.30. The first-order valence-electron chi connectivity index (χ1n) is 10.7. The SMILES string of the molecule is CC[C@@H](CO)N1C(=O)[C@@H]2[C@@H](C(=O)NC)[C@@H]3OC2(CC3Br)C1C(=O)Nc1c(C)cccc1Cl. The highest BCUT2D eigenvalue weighted by atomic mass is 79.9. The molecule has 3 heterocycles. The number of amides is 3. The summed E-state index contributed by atoms with van der Waals surface area (Å²) in [6.07, 6.45) is 0.336. The van der Waals surface area contributed by atoms with Crippen LogP contribution in [0, 0.1) is 18.8 Å². The van der Waals surface area contributed by atoms with Crippen LogP contribution in [-0.4, -0.2) is 70.0 Å². The van der Waals surface area contributed by atoms with Gasteiger partial charge in [0, 0.05) is 11.9 Å². The summed E-state index contributed by atoms with van der Waals surface area (Å²) in [5.41, 5.74) is 0.0760. The van der Waals surface area contributed by atoms with Crippen molar-refractivity contribution in [1.29, 1.82) is 0 Å². The average molecular weight is 529 g/mol. The van der Waals surface area contributed by atoms with Gasteiger partial charge in [-0.3, -0.25) is 14.4 Å². The fourth-order valence-electron chi connectivity index (χ4n) is 5.62. The predicted molar refractivity (Wildman–Crippen MR) is 123 cm³/mol. The number of carbonyl (C=O) groups is 3. The molecule has 3 fully saturated rings. The third-order valence-corrected chi connectivity index (χ3v) is 8.23. The Morgan fingerprint density at radius 2 is 2.12 bits per heavy atom. The Morgan fingerprint density at radius 1 is 1.41 bits per heavy atom. The maximum Gasteiger partial charge on any atom is 0.250 e. The first kappa shape index (κ1) is 23.5. The maximum absolute atomic E-state index is 13.7. The van der Waals surface area contributed by atoms with Crippen molar-refractivity contribution in [3.05, 3.63) is 28.8 Å². The lowest BCUT2D eigenvalue weighted by molar-refractivity contribution is -0.144. The number of anilines is 1. The van der Waals surface area contributed by atoms with Gasteiger partial charge in [0.15, 0.2) is 0 Å². The number of para-hydroxylation sites is 1. The van der Waals surface area contributed by atoms with Crippen LogP contribution >= 0.6 is 27.5 Å². The largest absolute Gasteiger partial charge is 0.394 e. The van der Waals surface area contributed by atoms with Gasteiger partial charge in [-0.25, -0.2) is 0 Å². The summed E-state index contributed by atoms with van der Waals surface area (Å²) < 4.78 is 6.36. The first-order chi connectivity index (χ1) is 15.2. The lowest BCUT2D eigenvalue weighted by Crippen LogP contribution is -2.56. The predicted octanol–water partition coefficient (Wildman–Crippen LogP) is 1.85. The molecule has 3 aliphatic rings. The summed E-state index contributed by atoms with van der Waals surface area (Å²) in [4.78, 5) is 41.5. The van der Waals surface area contributed by atoms with Gasteiger partial charge in [0.25, 0.3) is 0 Å². The number of hydrogen-bond acceptors (Lipinski definition) is 5. The molecule has 7 atom stereocenters. The van der Waals surface area contributed by atoms with E-state index in [1.54, 1.807) is 12.1 Å². The smallest absolute Gasteiger partial charge is 0.250 e. The zero-order valence-corrected chi connectivity index (χ0v) is 20.4.